The monoisotopic (exact) mass is 270 g/mol. The van der Waals surface area contributed by atoms with E-state index in [1.54, 1.807) is 6.20 Å². The Kier molecular flexibility index (Phi) is 4.68. The lowest BCUT2D eigenvalue weighted by molar-refractivity contribution is 0.249. The van der Waals surface area contributed by atoms with E-state index in [4.69, 9.17) is 5.73 Å². The number of anilines is 1. The summed E-state index contributed by atoms with van der Waals surface area (Å²) in [7, 11) is 0. The highest BCUT2D eigenvalue weighted by Crippen LogP contribution is 2.11. The SMILES string of the molecule is CC(NC(=O)Nc1cccc(CN)c1)c1ccccn1. The molecule has 0 fully saturated rings. The van der Waals surface area contributed by atoms with Crippen molar-refractivity contribution in [3.8, 4) is 0 Å². The van der Waals surface area contributed by atoms with Gasteiger partial charge in [-0.1, -0.05) is 18.2 Å². The molecule has 5 nitrogen and oxygen atoms in total. The van der Waals surface area contributed by atoms with E-state index in [2.05, 4.69) is 15.6 Å². The van der Waals surface area contributed by atoms with Crippen molar-refractivity contribution in [3.63, 3.8) is 0 Å². The van der Waals surface area contributed by atoms with Crippen molar-refractivity contribution < 1.29 is 4.79 Å². The van der Waals surface area contributed by atoms with Crippen LogP contribution in [0.2, 0.25) is 0 Å². The molecule has 2 aromatic rings. The maximum absolute atomic E-state index is 11.9. The Balaban J connectivity index is 1.95. The van der Waals surface area contributed by atoms with Gasteiger partial charge in [0.2, 0.25) is 0 Å². The highest BCUT2D eigenvalue weighted by Gasteiger charge is 2.10. The Hall–Kier alpha value is -2.40. The molecule has 0 saturated carbocycles. The number of benzene rings is 1. The van der Waals surface area contributed by atoms with Gasteiger partial charge < -0.3 is 16.4 Å². The van der Waals surface area contributed by atoms with Gasteiger partial charge in [0.05, 0.1) is 11.7 Å². The van der Waals surface area contributed by atoms with Crippen LogP contribution in [0.1, 0.15) is 24.2 Å². The van der Waals surface area contributed by atoms with Crippen LogP contribution in [-0.2, 0) is 6.54 Å². The van der Waals surface area contributed by atoms with Gasteiger partial charge >= 0.3 is 6.03 Å². The van der Waals surface area contributed by atoms with E-state index < -0.39 is 0 Å². The maximum Gasteiger partial charge on any atom is 0.319 e. The standard InChI is InChI=1S/C15H18N4O/c1-11(14-7-2-3-8-17-14)18-15(20)19-13-6-4-5-12(9-13)10-16/h2-9,11H,10,16H2,1H3,(H2,18,19,20). The summed E-state index contributed by atoms with van der Waals surface area (Å²) in [5.74, 6) is 0. The van der Waals surface area contributed by atoms with Gasteiger partial charge in [-0.25, -0.2) is 4.79 Å². The predicted molar refractivity (Wildman–Crippen MR) is 79.1 cm³/mol. The number of hydrogen-bond donors (Lipinski definition) is 3. The van der Waals surface area contributed by atoms with Crippen LogP contribution in [0, 0.1) is 0 Å². The summed E-state index contributed by atoms with van der Waals surface area (Å²) in [5, 5.41) is 5.62. The van der Waals surface area contributed by atoms with Crippen LogP contribution in [0.3, 0.4) is 0 Å². The van der Waals surface area contributed by atoms with Crippen LogP contribution in [0.15, 0.2) is 48.7 Å². The Morgan fingerprint density at radius 1 is 1.30 bits per heavy atom. The van der Waals surface area contributed by atoms with Crippen LogP contribution >= 0.6 is 0 Å². The van der Waals surface area contributed by atoms with Crippen LogP contribution in [0.4, 0.5) is 10.5 Å². The molecule has 0 radical (unpaired) electrons. The molecule has 104 valence electrons. The van der Waals surface area contributed by atoms with Gasteiger partial charge in [-0.2, -0.15) is 0 Å². The van der Waals surface area contributed by atoms with E-state index in [0.717, 1.165) is 16.9 Å². The molecule has 4 N–H and O–H groups in total. The lowest BCUT2D eigenvalue weighted by Crippen LogP contribution is -2.31. The van der Waals surface area contributed by atoms with Gasteiger partial charge in [0.15, 0.2) is 0 Å². The summed E-state index contributed by atoms with van der Waals surface area (Å²) in [6, 6.07) is 12.6. The molecule has 2 amide bonds. The summed E-state index contributed by atoms with van der Waals surface area (Å²) in [4.78, 5) is 16.1. The highest BCUT2D eigenvalue weighted by molar-refractivity contribution is 5.89. The van der Waals surface area contributed by atoms with E-state index in [0.29, 0.717) is 6.54 Å². The maximum atomic E-state index is 11.9. The van der Waals surface area contributed by atoms with Crippen LogP contribution < -0.4 is 16.4 Å². The van der Waals surface area contributed by atoms with E-state index in [9.17, 15) is 4.79 Å². The van der Waals surface area contributed by atoms with Crippen molar-refractivity contribution in [3.05, 3.63) is 59.9 Å². The fraction of sp³-hybridized carbons (Fsp3) is 0.200. The Morgan fingerprint density at radius 3 is 2.85 bits per heavy atom. The van der Waals surface area contributed by atoms with Crippen LogP contribution in [-0.4, -0.2) is 11.0 Å². The number of amides is 2. The van der Waals surface area contributed by atoms with Gasteiger partial charge in [0.25, 0.3) is 0 Å². The third kappa shape index (κ3) is 3.80. The fourth-order valence-electron chi connectivity index (χ4n) is 1.85. The number of nitrogens with one attached hydrogen (secondary N) is 2. The number of rotatable bonds is 4. The van der Waals surface area contributed by atoms with E-state index in [1.165, 1.54) is 0 Å². The van der Waals surface area contributed by atoms with Crippen LogP contribution in [0.25, 0.3) is 0 Å². The molecule has 0 aliphatic rings. The lowest BCUT2D eigenvalue weighted by atomic mass is 10.2. The molecular formula is C15H18N4O. The molecule has 1 unspecified atom stereocenters. The minimum Gasteiger partial charge on any atom is -0.330 e. The molecular weight excluding hydrogens is 252 g/mol. The molecule has 1 heterocycles. The number of nitrogens with zero attached hydrogens (tertiary/aromatic N) is 1. The van der Waals surface area contributed by atoms with Gasteiger partial charge in [0.1, 0.15) is 0 Å². The average molecular weight is 270 g/mol. The third-order valence-corrected chi connectivity index (χ3v) is 2.90. The van der Waals surface area contributed by atoms with Crippen molar-refractivity contribution in [1.82, 2.24) is 10.3 Å². The molecule has 0 aliphatic carbocycles. The largest absolute Gasteiger partial charge is 0.330 e. The zero-order valence-corrected chi connectivity index (χ0v) is 11.3. The second-order valence-electron chi connectivity index (χ2n) is 4.48. The first kappa shape index (κ1) is 14.0. The number of pyridine rings is 1. The molecule has 0 bridgehead atoms. The summed E-state index contributed by atoms with van der Waals surface area (Å²) >= 11 is 0. The normalized spacial score (nSPS) is 11.7. The summed E-state index contributed by atoms with van der Waals surface area (Å²) in [6.45, 7) is 2.33. The van der Waals surface area contributed by atoms with E-state index in [-0.39, 0.29) is 12.1 Å². The number of nitrogens with two attached hydrogens (primary N) is 1. The molecule has 5 heteroatoms. The van der Waals surface area contributed by atoms with Crippen molar-refractivity contribution in [2.75, 3.05) is 5.32 Å². The van der Waals surface area contributed by atoms with Crippen molar-refractivity contribution >= 4 is 11.7 Å². The van der Waals surface area contributed by atoms with Crippen LogP contribution in [0.5, 0.6) is 0 Å². The lowest BCUT2D eigenvalue weighted by Gasteiger charge is -2.14. The molecule has 1 aromatic heterocycles. The van der Waals surface area contributed by atoms with Crippen molar-refractivity contribution in [1.29, 1.82) is 0 Å². The fourth-order valence-corrected chi connectivity index (χ4v) is 1.85. The first-order valence-electron chi connectivity index (χ1n) is 6.46. The number of aromatic nitrogens is 1. The smallest absolute Gasteiger partial charge is 0.319 e. The zero-order chi connectivity index (χ0) is 14.4. The van der Waals surface area contributed by atoms with Gasteiger partial charge in [-0.05, 0) is 36.8 Å². The first-order valence-corrected chi connectivity index (χ1v) is 6.46. The Morgan fingerprint density at radius 2 is 2.15 bits per heavy atom. The topological polar surface area (TPSA) is 80.0 Å². The molecule has 0 spiro atoms. The summed E-state index contributed by atoms with van der Waals surface area (Å²) in [6.07, 6.45) is 1.70. The highest BCUT2D eigenvalue weighted by atomic mass is 16.2. The zero-order valence-electron chi connectivity index (χ0n) is 11.3. The summed E-state index contributed by atoms with van der Waals surface area (Å²) in [5.41, 5.74) is 8.08. The number of carbonyl (C=O) groups excluding carboxylic acids is 1. The third-order valence-electron chi connectivity index (χ3n) is 2.90. The molecule has 1 atom stereocenters. The van der Waals surface area contributed by atoms with Gasteiger partial charge in [-0.3, -0.25) is 4.98 Å². The molecule has 0 saturated heterocycles. The van der Waals surface area contributed by atoms with Gasteiger partial charge in [-0.15, -0.1) is 0 Å². The number of hydrogen-bond acceptors (Lipinski definition) is 3. The number of urea groups is 1. The predicted octanol–water partition coefficient (Wildman–Crippen LogP) is 2.42. The quantitative estimate of drug-likeness (QED) is 0.798. The first-order chi connectivity index (χ1) is 9.69. The average Bonchev–Trinajstić information content (AvgIpc) is 2.48. The minimum absolute atomic E-state index is 0.158. The Bertz CT molecular complexity index is 571. The Labute approximate surface area is 118 Å². The number of carbonyl (C=O) groups is 1. The van der Waals surface area contributed by atoms with E-state index >= 15 is 0 Å². The van der Waals surface area contributed by atoms with Crippen molar-refractivity contribution in [2.24, 2.45) is 5.73 Å². The minimum atomic E-state index is -0.266. The van der Waals surface area contributed by atoms with Gasteiger partial charge in [0, 0.05) is 18.4 Å². The van der Waals surface area contributed by atoms with Crippen molar-refractivity contribution in [2.45, 2.75) is 19.5 Å². The molecule has 0 aliphatic heterocycles. The molecule has 2 rings (SSSR count). The molecule has 1 aromatic carbocycles. The second-order valence-corrected chi connectivity index (χ2v) is 4.48. The van der Waals surface area contributed by atoms with E-state index in [1.807, 2.05) is 49.4 Å². The summed E-state index contributed by atoms with van der Waals surface area (Å²) < 4.78 is 0. The molecule has 20 heavy (non-hydrogen) atoms. The second kappa shape index (κ2) is 6.68.